The molecular weight excluding hydrogens is 295 g/mol. The summed E-state index contributed by atoms with van der Waals surface area (Å²) < 4.78 is 43.3. The Labute approximate surface area is 123 Å². The smallest absolute Gasteiger partial charge is 0.165 e. The molecule has 6 heteroatoms. The summed E-state index contributed by atoms with van der Waals surface area (Å²) in [5, 5.41) is 9.87. The monoisotopic (exact) mass is 314 g/mol. The summed E-state index contributed by atoms with van der Waals surface area (Å²) in [7, 11) is -1.77. The normalized spacial score (nSPS) is 34.4. The maximum absolute atomic E-state index is 13.9. The van der Waals surface area contributed by atoms with Gasteiger partial charge in [-0.1, -0.05) is 12.5 Å². The van der Waals surface area contributed by atoms with Gasteiger partial charge in [0.05, 0.1) is 23.2 Å². The second-order valence-electron chi connectivity index (χ2n) is 6.05. The van der Waals surface area contributed by atoms with E-state index in [4.69, 9.17) is 4.74 Å². The van der Waals surface area contributed by atoms with E-state index in [1.165, 1.54) is 19.2 Å². The lowest BCUT2D eigenvalue weighted by molar-refractivity contribution is 0.00469. The Morgan fingerprint density at radius 1 is 1.29 bits per heavy atom. The van der Waals surface area contributed by atoms with Crippen molar-refractivity contribution in [2.24, 2.45) is 0 Å². The average molecular weight is 314 g/mol. The van der Waals surface area contributed by atoms with Crippen LogP contribution in [0.5, 0.6) is 5.75 Å². The van der Waals surface area contributed by atoms with Gasteiger partial charge in [0.1, 0.15) is 0 Å². The van der Waals surface area contributed by atoms with Crippen molar-refractivity contribution in [3.8, 4) is 5.75 Å². The lowest BCUT2D eigenvalue weighted by atomic mass is 9.80. The van der Waals surface area contributed by atoms with E-state index in [1.54, 1.807) is 6.07 Å². The molecule has 2 heterocycles. The molecule has 3 rings (SSSR count). The Balaban J connectivity index is 1.97. The van der Waals surface area contributed by atoms with Crippen LogP contribution in [0, 0.1) is 5.82 Å². The number of ether oxygens (including phenoxy) is 1. The van der Waals surface area contributed by atoms with E-state index < -0.39 is 31.8 Å². The Bertz CT molecular complexity index is 636. The maximum atomic E-state index is 13.9. The van der Waals surface area contributed by atoms with E-state index >= 15 is 0 Å². The van der Waals surface area contributed by atoms with E-state index in [1.807, 2.05) is 0 Å². The van der Waals surface area contributed by atoms with Crippen molar-refractivity contribution in [2.75, 3.05) is 7.11 Å². The molecule has 1 N–H and O–H groups in total. The standard InChI is InChI=1S/C15H19FO4S/c1-20-14-6-5-10(7-13(14)16)15(17)8-11-3-2-4-12(9-15)21(11,18)19/h5-7,11-12,17H,2-4,8-9H2,1H3. The number of sulfone groups is 1. The molecule has 4 nitrogen and oxygen atoms in total. The number of benzene rings is 1. The Kier molecular flexibility index (Phi) is 3.48. The molecule has 2 atom stereocenters. The predicted molar refractivity (Wildman–Crippen MR) is 76.4 cm³/mol. The Morgan fingerprint density at radius 2 is 1.90 bits per heavy atom. The lowest BCUT2D eigenvalue weighted by Gasteiger charge is -2.44. The van der Waals surface area contributed by atoms with Crippen molar-refractivity contribution < 1.29 is 22.7 Å². The fourth-order valence-corrected chi connectivity index (χ4v) is 6.19. The van der Waals surface area contributed by atoms with Crippen LogP contribution in [0.25, 0.3) is 0 Å². The fraction of sp³-hybridized carbons (Fsp3) is 0.600. The minimum absolute atomic E-state index is 0.117. The second kappa shape index (κ2) is 4.95. The van der Waals surface area contributed by atoms with Gasteiger partial charge in [0.2, 0.25) is 0 Å². The first-order valence-electron chi connectivity index (χ1n) is 7.16. The van der Waals surface area contributed by atoms with Crippen molar-refractivity contribution in [3.05, 3.63) is 29.6 Å². The summed E-state index contributed by atoms with van der Waals surface area (Å²) in [6, 6.07) is 4.35. The van der Waals surface area contributed by atoms with Crippen LogP contribution in [0.15, 0.2) is 18.2 Å². The van der Waals surface area contributed by atoms with Crippen LogP contribution >= 0.6 is 0 Å². The summed E-state index contributed by atoms with van der Waals surface area (Å²) in [6.45, 7) is 0. The highest BCUT2D eigenvalue weighted by molar-refractivity contribution is 7.92. The summed E-state index contributed by atoms with van der Waals surface area (Å²) in [4.78, 5) is 0. The van der Waals surface area contributed by atoms with Crippen LogP contribution in [0.3, 0.4) is 0 Å². The minimum atomic E-state index is -3.15. The molecule has 0 amide bonds. The molecule has 2 bridgehead atoms. The molecule has 1 aromatic rings. The quantitative estimate of drug-likeness (QED) is 0.908. The molecule has 21 heavy (non-hydrogen) atoms. The third kappa shape index (κ3) is 2.34. The lowest BCUT2D eigenvalue weighted by Crippen LogP contribution is -2.50. The van der Waals surface area contributed by atoms with E-state index in [-0.39, 0.29) is 18.6 Å². The van der Waals surface area contributed by atoms with E-state index in [2.05, 4.69) is 0 Å². The molecular formula is C15H19FO4S. The zero-order chi connectivity index (χ0) is 15.3. The zero-order valence-corrected chi connectivity index (χ0v) is 12.7. The van der Waals surface area contributed by atoms with Crippen LogP contribution in [0.4, 0.5) is 4.39 Å². The SMILES string of the molecule is COc1ccc(C2(O)CC3CCCC(C2)S3(=O)=O)cc1F. The molecule has 2 aliphatic rings. The molecule has 116 valence electrons. The molecule has 0 aliphatic carbocycles. The number of methoxy groups -OCH3 is 1. The molecule has 2 unspecified atom stereocenters. The zero-order valence-electron chi connectivity index (χ0n) is 11.9. The van der Waals surface area contributed by atoms with Crippen molar-refractivity contribution in [2.45, 2.75) is 48.2 Å². The number of halogens is 1. The van der Waals surface area contributed by atoms with Crippen LogP contribution in [-0.4, -0.2) is 31.1 Å². The highest BCUT2D eigenvalue weighted by atomic mass is 32.2. The second-order valence-corrected chi connectivity index (χ2v) is 8.56. The largest absolute Gasteiger partial charge is 0.494 e. The maximum Gasteiger partial charge on any atom is 0.165 e. The Morgan fingerprint density at radius 3 is 2.43 bits per heavy atom. The average Bonchev–Trinajstić information content (AvgIpc) is 2.40. The molecule has 2 saturated heterocycles. The summed E-state index contributed by atoms with van der Waals surface area (Å²) in [5.74, 6) is -0.423. The highest BCUT2D eigenvalue weighted by Crippen LogP contribution is 2.46. The van der Waals surface area contributed by atoms with Crippen LogP contribution in [0.2, 0.25) is 0 Å². The Hall–Kier alpha value is -1.14. The summed E-state index contributed by atoms with van der Waals surface area (Å²) in [6.07, 6.45) is 2.34. The van der Waals surface area contributed by atoms with Crippen molar-refractivity contribution in [1.29, 1.82) is 0 Å². The summed E-state index contributed by atoms with van der Waals surface area (Å²) in [5.41, 5.74) is -0.832. The fourth-order valence-electron chi connectivity index (χ4n) is 3.64. The van der Waals surface area contributed by atoms with Gasteiger partial charge in [-0.3, -0.25) is 0 Å². The number of hydrogen-bond donors (Lipinski definition) is 1. The molecule has 2 fully saturated rings. The van der Waals surface area contributed by atoms with Crippen LogP contribution in [0.1, 0.15) is 37.7 Å². The van der Waals surface area contributed by atoms with Gasteiger partial charge < -0.3 is 9.84 Å². The van der Waals surface area contributed by atoms with Gasteiger partial charge in [-0.05, 0) is 43.4 Å². The number of fused-ring (bicyclic) bond motifs is 2. The molecule has 0 spiro atoms. The molecule has 0 aromatic heterocycles. The first kappa shape index (κ1) is 14.8. The van der Waals surface area contributed by atoms with Gasteiger partial charge in [-0.2, -0.15) is 0 Å². The van der Waals surface area contributed by atoms with E-state index in [0.29, 0.717) is 18.4 Å². The van der Waals surface area contributed by atoms with Gasteiger partial charge in [0, 0.05) is 0 Å². The van der Waals surface area contributed by atoms with Gasteiger partial charge in [0.15, 0.2) is 21.4 Å². The van der Waals surface area contributed by atoms with Gasteiger partial charge >= 0.3 is 0 Å². The number of aliphatic hydroxyl groups is 1. The highest BCUT2D eigenvalue weighted by Gasteiger charge is 2.51. The predicted octanol–water partition coefficient (Wildman–Crippen LogP) is 2.15. The van der Waals surface area contributed by atoms with E-state index in [0.717, 1.165) is 6.42 Å². The minimum Gasteiger partial charge on any atom is -0.494 e. The topological polar surface area (TPSA) is 63.6 Å². The molecule has 1 aromatic carbocycles. The summed E-state index contributed by atoms with van der Waals surface area (Å²) >= 11 is 0. The van der Waals surface area contributed by atoms with Gasteiger partial charge in [0.25, 0.3) is 0 Å². The first-order valence-corrected chi connectivity index (χ1v) is 8.77. The molecule has 0 saturated carbocycles. The number of hydrogen-bond acceptors (Lipinski definition) is 4. The van der Waals surface area contributed by atoms with Crippen molar-refractivity contribution in [1.82, 2.24) is 0 Å². The van der Waals surface area contributed by atoms with E-state index in [9.17, 15) is 17.9 Å². The molecule has 2 aliphatic heterocycles. The molecule has 0 radical (unpaired) electrons. The third-order valence-electron chi connectivity index (χ3n) is 4.80. The van der Waals surface area contributed by atoms with Crippen molar-refractivity contribution in [3.63, 3.8) is 0 Å². The first-order chi connectivity index (χ1) is 9.87. The van der Waals surface area contributed by atoms with Crippen LogP contribution in [-0.2, 0) is 15.4 Å². The third-order valence-corrected chi connectivity index (χ3v) is 7.46. The van der Waals surface area contributed by atoms with Crippen LogP contribution < -0.4 is 4.74 Å². The van der Waals surface area contributed by atoms with Gasteiger partial charge in [-0.15, -0.1) is 0 Å². The number of rotatable bonds is 2. The van der Waals surface area contributed by atoms with Gasteiger partial charge in [-0.25, -0.2) is 12.8 Å². The van der Waals surface area contributed by atoms with Crippen molar-refractivity contribution >= 4 is 9.84 Å².